The van der Waals surface area contributed by atoms with Crippen molar-refractivity contribution in [3.05, 3.63) is 75.8 Å². The van der Waals surface area contributed by atoms with E-state index in [0.717, 1.165) is 23.2 Å². The van der Waals surface area contributed by atoms with Crippen LogP contribution >= 0.6 is 23.2 Å². The molecule has 0 spiro atoms. The quantitative estimate of drug-likeness (QED) is 0.376. The van der Waals surface area contributed by atoms with Gasteiger partial charge in [0.2, 0.25) is 0 Å². The van der Waals surface area contributed by atoms with Crippen LogP contribution in [-0.4, -0.2) is 27.0 Å². The summed E-state index contributed by atoms with van der Waals surface area (Å²) in [5.41, 5.74) is 5.08. The number of rotatable bonds is 6. The molecule has 4 rings (SSSR count). The predicted molar refractivity (Wildman–Crippen MR) is 128 cm³/mol. The number of aromatic nitrogens is 3. The Kier molecular flexibility index (Phi) is 6.35. The van der Waals surface area contributed by atoms with E-state index in [1.807, 2.05) is 31.2 Å². The van der Waals surface area contributed by atoms with Crippen molar-refractivity contribution in [2.75, 3.05) is 5.32 Å². The Bertz CT molecular complexity index is 1290. The SMILES string of the molecule is CCc1ccc(-n2nc3cc(C)c(NC(=O)[C@@H](C)Oc4ccc(Cl)cc4Cl)cc3n2)cc1. The van der Waals surface area contributed by atoms with Gasteiger partial charge in [-0.15, -0.1) is 10.2 Å². The smallest absolute Gasteiger partial charge is 0.265 e. The number of carbonyl (C=O) groups excluding carboxylic acids is 1. The molecule has 4 aromatic rings. The predicted octanol–water partition coefficient (Wildman–Crippen LogP) is 6.00. The van der Waals surface area contributed by atoms with Gasteiger partial charge in [0.05, 0.1) is 10.7 Å². The highest BCUT2D eigenvalue weighted by molar-refractivity contribution is 6.35. The van der Waals surface area contributed by atoms with E-state index in [0.29, 0.717) is 27.0 Å². The number of anilines is 1. The number of halogens is 2. The van der Waals surface area contributed by atoms with Gasteiger partial charge < -0.3 is 10.1 Å². The molecular weight excluding hydrogens is 447 g/mol. The fraction of sp³-hybridized carbons (Fsp3) is 0.208. The average Bonchev–Trinajstić information content (AvgIpc) is 3.18. The van der Waals surface area contributed by atoms with Crippen LogP contribution in [0, 0.1) is 6.92 Å². The number of hydrogen-bond donors (Lipinski definition) is 1. The normalized spacial score (nSPS) is 12.0. The van der Waals surface area contributed by atoms with Crippen LogP contribution in [0.25, 0.3) is 16.7 Å². The van der Waals surface area contributed by atoms with Crippen molar-refractivity contribution in [1.29, 1.82) is 0 Å². The van der Waals surface area contributed by atoms with Crippen LogP contribution in [-0.2, 0) is 11.2 Å². The molecule has 8 heteroatoms. The van der Waals surface area contributed by atoms with Crippen LogP contribution in [0.1, 0.15) is 25.0 Å². The number of benzene rings is 3. The van der Waals surface area contributed by atoms with Gasteiger partial charge in [0.15, 0.2) is 6.10 Å². The number of nitrogens with one attached hydrogen (secondary N) is 1. The number of ether oxygens (including phenoxy) is 1. The van der Waals surface area contributed by atoms with Gasteiger partial charge in [-0.2, -0.15) is 4.80 Å². The summed E-state index contributed by atoms with van der Waals surface area (Å²) in [6.45, 7) is 5.68. The second-order valence-electron chi connectivity index (χ2n) is 7.49. The van der Waals surface area contributed by atoms with Gasteiger partial charge in [-0.25, -0.2) is 0 Å². The van der Waals surface area contributed by atoms with Gasteiger partial charge in [0.1, 0.15) is 16.8 Å². The fourth-order valence-corrected chi connectivity index (χ4v) is 3.69. The summed E-state index contributed by atoms with van der Waals surface area (Å²) in [5, 5.41) is 12.9. The number of amides is 1. The number of carbonyl (C=O) groups is 1. The zero-order valence-corrected chi connectivity index (χ0v) is 19.4. The molecule has 3 aromatic carbocycles. The minimum atomic E-state index is -0.767. The van der Waals surface area contributed by atoms with Crippen LogP contribution < -0.4 is 10.1 Å². The van der Waals surface area contributed by atoms with Crippen molar-refractivity contribution in [2.24, 2.45) is 0 Å². The number of aryl methyl sites for hydroxylation is 2. The summed E-state index contributed by atoms with van der Waals surface area (Å²) >= 11 is 12.1. The highest BCUT2D eigenvalue weighted by Gasteiger charge is 2.18. The van der Waals surface area contributed by atoms with Crippen LogP contribution in [0.5, 0.6) is 5.75 Å². The fourth-order valence-electron chi connectivity index (χ4n) is 3.23. The molecule has 32 heavy (non-hydrogen) atoms. The Morgan fingerprint density at radius 2 is 1.75 bits per heavy atom. The molecule has 1 aromatic heterocycles. The molecule has 0 fully saturated rings. The molecule has 0 unspecified atom stereocenters. The third kappa shape index (κ3) is 4.71. The number of hydrogen-bond acceptors (Lipinski definition) is 4. The second-order valence-corrected chi connectivity index (χ2v) is 8.33. The minimum absolute atomic E-state index is 0.305. The molecule has 1 atom stereocenters. The Balaban J connectivity index is 1.53. The molecule has 0 aliphatic rings. The van der Waals surface area contributed by atoms with Gasteiger partial charge in [-0.05, 0) is 73.9 Å². The lowest BCUT2D eigenvalue weighted by Gasteiger charge is -2.16. The maximum atomic E-state index is 12.7. The molecule has 0 aliphatic heterocycles. The van der Waals surface area contributed by atoms with Gasteiger partial charge in [-0.1, -0.05) is 42.3 Å². The first-order valence-corrected chi connectivity index (χ1v) is 11.0. The Morgan fingerprint density at radius 1 is 1.06 bits per heavy atom. The Labute approximate surface area is 196 Å². The standard InChI is InChI=1S/C24H22Cl2N4O2/c1-4-16-5-8-18(9-6-16)30-28-21-11-14(2)20(13-22(21)29-30)27-24(31)15(3)32-23-10-7-17(25)12-19(23)26/h5-13,15H,4H2,1-3H3,(H,27,31)/t15-/m1/s1. The first-order valence-electron chi connectivity index (χ1n) is 10.2. The van der Waals surface area contributed by atoms with E-state index in [9.17, 15) is 4.79 Å². The van der Waals surface area contributed by atoms with Gasteiger partial charge in [0.25, 0.3) is 5.91 Å². The van der Waals surface area contributed by atoms with Crippen LogP contribution in [0.3, 0.4) is 0 Å². The molecule has 1 heterocycles. The van der Waals surface area contributed by atoms with E-state index in [1.54, 1.807) is 29.9 Å². The number of nitrogens with zero attached hydrogens (tertiary/aromatic N) is 3. The second kappa shape index (κ2) is 9.18. The van der Waals surface area contributed by atoms with Crippen LogP contribution in [0.4, 0.5) is 5.69 Å². The third-order valence-corrected chi connectivity index (χ3v) is 5.66. The molecule has 0 radical (unpaired) electrons. The van der Waals surface area contributed by atoms with Crippen molar-refractivity contribution in [1.82, 2.24) is 15.0 Å². The van der Waals surface area contributed by atoms with E-state index in [4.69, 9.17) is 27.9 Å². The lowest BCUT2D eigenvalue weighted by atomic mass is 10.1. The van der Waals surface area contributed by atoms with Crippen molar-refractivity contribution >= 4 is 45.8 Å². The zero-order valence-electron chi connectivity index (χ0n) is 17.9. The van der Waals surface area contributed by atoms with Crippen molar-refractivity contribution < 1.29 is 9.53 Å². The third-order valence-electron chi connectivity index (χ3n) is 5.13. The first-order chi connectivity index (χ1) is 15.3. The monoisotopic (exact) mass is 468 g/mol. The van der Waals surface area contributed by atoms with Crippen LogP contribution in [0.15, 0.2) is 54.6 Å². The van der Waals surface area contributed by atoms with E-state index in [2.05, 4.69) is 34.6 Å². The summed E-state index contributed by atoms with van der Waals surface area (Å²) in [7, 11) is 0. The van der Waals surface area contributed by atoms with Crippen molar-refractivity contribution in [3.8, 4) is 11.4 Å². The van der Waals surface area contributed by atoms with E-state index in [-0.39, 0.29) is 5.91 Å². The largest absolute Gasteiger partial charge is 0.479 e. The summed E-state index contributed by atoms with van der Waals surface area (Å²) in [5.74, 6) is 0.0870. The van der Waals surface area contributed by atoms with Crippen LogP contribution in [0.2, 0.25) is 10.0 Å². The molecule has 0 saturated carbocycles. The van der Waals surface area contributed by atoms with E-state index >= 15 is 0 Å². The highest BCUT2D eigenvalue weighted by atomic mass is 35.5. The van der Waals surface area contributed by atoms with E-state index in [1.165, 1.54) is 5.56 Å². The Morgan fingerprint density at radius 3 is 2.41 bits per heavy atom. The summed E-state index contributed by atoms with van der Waals surface area (Å²) in [4.78, 5) is 14.3. The topological polar surface area (TPSA) is 69.0 Å². The first kappa shape index (κ1) is 22.1. The summed E-state index contributed by atoms with van der Waals surface area (Å²) < 4.78 is 5.71. The average molecular weight is 469 g/mol. The molecule has 1 amide bonds. The molecule has 164 valence electrons. The zero-order chi connectivity index (χ0) is 22.8. The molecule has 6 nitrogen and oxygen atoms in total. The van der Waals surface area contributed by atoms with Crippen molar-refractivity contribution in [2.45, 2.75) is 33.3 Å². The summed E-state index contributed by atoms with van der Waals surface area (Å²) in [6.07, 6.45) is 0.209. The maximum absolute atomic E-state index is 12.7. The van der Waals surface area contributed by atoms with Gasteiger partial charge >= 0.3 is 0 Å². The van der Waals surface area contributed by atoms with E-state index < -0.39 is 6.10 Å². The maximum Gasteiger partial charge on any atom is 0.265 e. The molecule has 0 aliphatic carbocycles. The Hall–Kier alpha value is -3.09. The highest BCUT2D eigenvalue weighted by Crippen LogP contribution is 2.29. The lowest BCUT2D eigenvalue weighted by Crippen LogP contribution is -2.30. The van der Waals surface area contributed by atoms with Crippen molar-refractivity contribution in [3.63, 3.8) is 0 Å². The number of fused-ring (bicyclic) bond motifs is 1. The van der Waals surface area contributed by atoms with Gasteiger partial charge in [-0.3, -0.25) is 4.79 Å². The summed E-state index contributed by atoms with van der Waals surface area (Å²) in [6, 6.07) is 16.7. The molecule has 0 saturated heterocycles. The molecule has 0 bridgehead atoms. The molecule has 1 N–H and O–H groups in total. The minimum Gasteiger partial charge on any atom is -0.479 e. The van der Waals surface area contributed by atoms with Gasteiger partial charge in [0, 0.05) is 10.7 Å². The molecular formula is C24H22Cl2N4O2. The lowest BCUT2D eigenvalue weighted by molar-refractivity contribution is -0.122.